The number of ketones is 2. The maximum atomic E-state index is 13.7. The van der Waals surface area contributed by atoms with Gasteiger partial charge in [0.25, 0.3) is 0 Å². The van der Waals surface area contributed by atoms with Crippen LogP contribution in [-0.2, 0) is 20.4 Å². The van der Waals surface area contributed by atoms with Gasteiger partial charge in [-0.3, -0.25) is 9.59 Å². The van der Waals surface area contributed by atoms with E-state index in [9.17, 15) is 14.7 Å². The quantitative estimate of drug-likeness (QED) is 0.459. The van der Waals surface area contributed by atoms with E-state index in [2.05, 4.69) is 86.7 Å². The summed E-state index contributed by atoms with van der Waals surface area (Å²) in [4.78, 5) is 27.4. The monoisotopic (exact) mass is 477 g/mol. The van der Waals surface area contributed by atoms with Crippen molar-refractivity contribution in [2.75, 3.05) is 0 Å². The van der Waals surface area contributed by atoms with Gasteiger partial charge in [0, 0.05) is 41.3 Å². The van der Waals surface area contributed by atoms with E-state index < -0.39 is 5.92 Å². The van der Waals surface area contributed by atoms with Crippen molar-refractivity contribution < 1.29 is 14.7 Å². The van der Waals surface area contributed by atoms with Crippen LogP contribution in [0, 0.1) is 10.8 Å². The summed E-state index contributed by atoms with van der Waals surface area (Å²) in [6.45, 7) is 21.1. The lowest BCUT2D eigenvalue weighted by Gasteiger charge is -2.44. The summed E-state index contributed by atoms with van der Waals surface area (Å²) >= 11 is 0. The molecule has 0 bridgehead atoms. The molecule has 190 valence electrons. The lowest BCUT2D eigenvalue weighted by Crippen LogP contribution is -2.42. The molecule has 0 atom stereocenters. The molecule has 0 radical (unpaired) electrons. The fourth-order valence-electron chi connectivity index (χ4n) is 6.19. The summed E-state index contributed by atoms with van der Waals surface area (Å²) in [5, 5.41) is 14.9. The fraction of sp³-hybridized carbons (Fsp3) is 0.613. The van der Waals surface area contributed by atoms with Crippen molar-refractivity contribution in [3.8, 4) is 5.75 Å². The number of hydrogen-bond donors (Lipinski definition) is 2. The second kappa shape index (κ2) is 7.82. The maximum absolute atomic E-state index is 13.7. The number of phenolic OH excluding ortho intramolecular Hbond substituents is 1. The zero-order chi connectivity index (χ0) is 26.3. The van der Waals surface area contributed by atoms with E-state index in [0.29, 0.717) is 18.6 Å². The average molecular weight is 478 g/mol. The summed E-state index contributed by atoms with van der Waals surface area (Å²) in [6, 6.07) is 4.10. The molecule has 0 saturated heterocycles. The first kappa shape index (κ1) is 25.7. The molecular formula is C31H43NO3. The summed E-state index contributed by atoms with van der Waals surface area (Å²) in [6.07, 6.45) is 2.52. The SMILES string of the molecule is CC1(C)CC(=O)C2=C(C1)NC1=C(C(=O)CC(C)(C)C1)C2c1cc(C(C)(C)C)c(O)c(C(C)(C)C)c1. The Balaban J connectivity index is 2.04. The highest BCUT2D eigenvalue weighted by atomic mass is 16.3. The Bertz CT molecular complexity index is 1090. The number of nitrogens with one attached hydrogen (secondary N) is 1. The Kier molecular flexibility index (Phi) is 5.75. The van der Waals surface area contributed by atoms with E-state index in [0.717, 1.165) is 52.1 Å². The molecule has 0 amide bonds. The van der Waals surface area contributed by atoms with Gasteiger partial charge in [-0.1, -0.05) is 81.4 Å². The van der Waals surface area contributed by atoms with E-state index in [4.69, 9.17) is 0 Å². The number of allylic oxidation sites excluding steroid dienone is 4. The molecular weight excluding hydrogens is 434 g/mol. The minimum absolute atomic E-state index is 0.123. The average Bonchev–Trinajstić information content (AvgIpc) is 2.62. The summed E-state index contributed by atoms with van der Waals surface area (Å²) in [7, 11) is 0. The number of dihydropyridines is 1. The third-order valence-corrected chi connectivity index (χ3v) is 7.80. The first-order chi connectivity index (χ1) is 15.8. The zero-order valence-electron chi connectivity index (χ0n) is 23.3. The van der Waals surface area contributed by atoms with Crippen molar-refractivity contribution in [2.45, 2.75) is 112 Å². The number of carbonyl (C=O) groups excluding carboxylic acids is 2. The van der Waals surface area contributed by atoms with Crippen LogP contribution in [0.3, 0.4) is 0 Å². The first-order valence-electron chi connectivity index (χ1n) is 13.0. The molecule has 0 unspecified atom stereocenters. The molecule has 35 heavy (non-hydrogen) atoms. The van der Waals surface area contributed by atoms with E-state index in [1.165, 1.54) is 0 Å². The zero-order valence-corrected chi connectivity index (χ0v) is 23.3. The number of phenols is 1. The number of rotatable bonds is 1. The largest absolute Gasteiger partial charge is 0.507 e. The highest BCUT2D eigenvalue weighted by molar-refractivity contribution is 6.06. The molecule has 4 heteroatoms. The predicted molar refractivity (Wildman–Crippen MR) is 141 cm³/mol. The summed E-state index contributed by atoms with van der Waals surface area (Å²) < 4.78 is 0. The molecule has 1 aliphatic heterocycles. The van der Waals surface area contributed by atoms with Crippen LogP contribution in [-0.4, -0.2) is 16.7 Å². The van der Waals surface area contributed by atoms with Crippen molar-refractivity contribution >= 4 is 11.6 Å². The molecule has 0 saturated carbocycles. The van der Waals surface area contributed by atoms with E-state index in [1.54, 1.807) is 0 Å². The van der Waals surface area contributed by atoms with E-state index in [-0.39, 0.29) is 33.2 Å². The van der Waals surface area contributed by atoms with Gasteiger partial charge in [-0.2, -0.15) is 0 Å². The van der Waals surface area contributed by atoms with Crippen molar-refractivity contribution in [2.24, 2.45) is 10.8 Å². The second-order valence-electron chi connectivity index (χ2n) is 14.7. The highest BCUT2D eigenvalue weighted by Gasteiger charge is 2.47. The molecule has 1 heterocycles. The Hall–Kier alpha value is -2.36. The van der Waals surface area contributed by atoms with Gasteiger partial charge >= 0.3 is 0 Å². The normalized spacial score (nSPS) is 22.7. The van der Waals surface area contributed by atoms with Crippen LogP contribution in [0.4, 0.5) is 0 Å². The third-order valence-electron chi connectivity index (χ3n) is 7.80. The Morgan fingerprint density at radius 2 is 1.11 bits per heavy atom. The molecule has 2 aliphatic carbocycles. The number of benzene rings is 1. The molecule has 2 N–H and O–H groups in total. The Morgan fingerprint density at radius 1 is 0.743 bits per heavy atom. The van der Waals surface area contributed by atoms with Crippen molar-refractivity contribution in [1.29, 1.82) is 0 Å². The minimum Gasteiger partial charge on any atom is -0.507 e. The number of aromatic hydroxyl groups is 1. The van der Waals surface area contributed by atoms with E-state index >= 15 is 0 Å². The molecule has 1 aromatic rings. The smallest absolute Gasteiger partial charge is 0.162 e. The lowest BCUT2D eigenvalue weighted by molar-refractivity contribution is -0.119. The third kappa shape index (κ3) is 4.61. The van der Waals surface area contributed by atoms with Crippen molar-refractivity contribution in [1.82, 2.24) is 5.32 Å². The maximum Gasteiger partial charge on any atom is 0.162 e. The van der Waals surface area contributed by atoms with Crippen LogP contribution in [0.2, 0.25) is 0 Å². The highest BCUT2D eigenvalue weighted by Crippen LogP contribution is 2.52. The topological polar surface area (TPSA) is 66.4 Å². The van der Waals surface area contributed by atoms with Crippen molar-refractivity contribution in [3.05, 3.63) is 51.4 Å². The van der Waals surface area contributed by atoms with Gasteiger partial charge < -0.3 is 10.4 Å². The number of Topliss-reactive ketones (excluding diaryl/α,β-unsaturated/α-hetero) is 2. The van der Waals surface area contributed by atoms with Gasteiger partial charge in [0.05, 0.1) is 0 Å². The second-order valence-corrected chi connectivity index (χ2v) is 14.7. The van der Waals surface area contributed by atoms with Gasteiger partial charge in [-0.05, 0) is 51.2 Å². The van der Waals surface area contributed by atoms with Crippen LogP contribution >= 0.6 is 0 Å². The molecule has 4 rings (SSSR count). The van der Waals surface area contributed by atoms with Gasteiger partial charge in [-0.15, -0.1) is 0 Å². The molecule has 1 aromatic carbocycles. The van der Waals surface area contributed by atoms with Gasteiger partial charge in [0.15, 0.2) is 11.6 Å². The van der Waals surface area contributed by atoms with Crippen LogP contribution in [0.1, 0.15) is 118 Å². The standard InChI is InChI=1S/C31H43NO3/c1-28(2,3)18-11-17(12-19(27(18)35)29(4,5)6)24-25-20(13-30(7,8)15-22(25)33)32-21-14-31(9,10)16-23(34)26(21)24/h11-12,24,32,35H,13-16H2,1-10H3. The minimum atomic E-state index is -0.392. The van der Waals surface area contributed by atoms with Crippen LogP contribution < -0.4 is 5.32 Å². The van der Waals surface area contributed by atoms with Gasteiger partial charge in [0.2, 0.25) is 0 Å². The first-order valence-corrected chi connectivity index (χ1v) is 13.0. The molecule has 0 fully saturated rings. The predicted octanol–water partition coefficient (Wildman–Crippen LogP) is 6.96. The lowest BCUT2D eigenvalue weighted by atomic mass is 9.63. The molecule has 0 aromatic heterocycles. The summed E-state index contributed by atoms with van der Waals surface area (Å²) in [5.41, 5.74) is 5.28. The summed E-state index contributed by atoms with van der Waals surface area (Å²) in [5.74, 6) is 0.177. The number of carbonyl (C=O) groups is 2. The Morgan fingerprint density at radius 3 is 1.46 bits per heavy atom. The van der Waals surface area contributed by atoms with Crippen LogP contribution in [0.15, 0.2) is 34.7 Å². The molecule has 0 spiro atoms. The van der Waals surface area contributed by atoms with Gasteiger partial charge in [-0.25, -0.2) is 0 Å². The number of hydrogen-bond acceptors (Lipinski definition) is 4. The van der Waals surface area contributed by atoms with Crippen molar-refractivity contribution in [3.63, 3.8) is 0 Å². The molecule has 4 nitrogen and oxygen atoms in total. The van der Waals surface area contributed by atoms with Crippen LogP contribution in [0.25, 0.3) is 0 Å². The fourth-order valence-corrected chi connectivity index (χ4v) is 6.19. The Labute approximate surface area is 211 Å². The molecule has 3 aliphatic rings. The van der Waals surface area contributed by atoms with E-state index in [1.807, 2.05) is 0 Å². The van der Waals surface area contributed by atoms with Gasteiger partial charge in [0.1, 0.15) is 5.75 Å². The van der Waals surface area contributed by atoms with Crippen LogP contribution in [0.5, 0.6) is 5.75 Å².